The lowest BCUT2D eigenvalue weighted by Crippen LogP contribution is -2.24. The van der Waals surface area contributed by atoms with E-state index in [1.165, 1.54) is 0 Å². The Labute approximate surface area is 138 Å². The highest BCUT2D eigenvalue weighted by Crippen LogP contribution is 2.40. The predicted molar refractivity (Wildman–Crippen MR) is 89.0 cm³/mol. The van der Waals surface area contributed by atoms with Crippen LogP contribution in [0, 0.1) is 11.3 Å². The van der Waals surface area contributed by atoms with Crippen LogP contribution in [0.4, 0.5) is 5.82 Å². The molecule has 0 amide bonds. The highest BCUT2D eigenvalue weighted by molar-refractivity contribution is 9.10. The van der Waals surface area contributed by atoms with E-state index in [4.69, 9.17) is 10.00 Å². The van der Waals surface area contributed by atoms with Crippen LogP contribution in [0.5, 0.6) is 5.75 Å². The summed E-state index contributed by atoms with van der Waals surface area (Å²) in [5, 5.41) is 9.05. The zero-order valence-electron chi connectivity index (χ0n) is 12.3. The number of pyridine rings is 1. The summed E-state index contributed by atoms with van der Waals surface area (Å²) >= 11 is 3.54. The molecule has 0 spiro atoms. The van der Waals surface area contributed by atoms with Gasteiger partial charge in [0.2, 0.25) is 0 Å². The highest BCUT2D eigenvalue weighted by Gasteiger charge is 2.29. The molecule has 0 saturated carbocycles. The van der Waals surface area contributed by atoms with Crippen LogP contribution in [0.2, 0.25) is 0 Å². The summed E-state index contributed by atoms with van der Waals surface area (Å²) in [4.78, 5) is 6.69. The van der Waals surface area contributed by atoms with Crippen molar-refractivity contribution in [1.82, 2.24) is 4.98 Å². The zero-order chi connectivity index (χ0) is 15.5. The molecule has 112 valence electrons. The number of methoxy groups -OCH3 is 1. The Morgan fingerprint density at radius 1 is 1.36 bits per heavy atom. The molecule has 1 aromatic heterocycles. The second-order valence-corrected chi connectivity index (χ2v) is 6.15. The first-order valence-electron chi connectivity index (χ1n) is 7.20. The summed E-state index contributed by atoms with van der Waals surface area (Å²) in [6.45, 7) is 0.933. The monoisotopic (exact) mass is 357 g/mol. The number of ether oxygens (including phenoxy) is 1. The summed E-state index contributed by atoms with van der Waals surface area (Å²) in [6.07, 6.45) is 2.14. The topological polar surface area (TPSA) is 49.1 Å². The minimum atomic E-state index is 0.217. The van der Waals surface area contributed by atoms with Crippen molar-refractivity contribution in [2.45, 2.75) is 18.9 Å². The second-order valence-electron chi connectivity index (χ2n) is 5.23. The minimum absolute atomic E-state index is 0.217. The number of nitrogens with zero attached hydrogens (tertiary/aromatic N) is 3. The Morgan fingerprint density at radius 2 is 2.23 bits per heavy atom. The molecular weight excluding hydrogens is 342 g/mol. The predicted octanol–water partition coefficient (Wildman–Crippen LogP) is 4.07. The molecule has 1 atom stereocenters. The lowest BCUT2D eigenvalue weighted by atomic mass is 10.0. The summed E-state index contributed by atoms with van der Waals surface area (Å²) in [6, 6.07) is 14.0. The third kappa shape index (κ3) is 2.79. The molecule has 4 nitrogen and oxygen atoms in total. The Balaban J connectivity index is 2.00. The summed E-state index contributed by atoms with van der Waals surface area (Å²) in [5.41, 5.74) is 1.60. The Hall–Kier alpha value is -2.06. The lowest BCUT2D eigenvalue weighted by Gasteiger charge is -2.27. The Kier molecular flexibility index (Phi) is 4.30. The van der Waals surface area contributed by atoms with Gasteiger partial charge < -0.3 is 9.64 Å². The van der Waals surface area contributed by atoms with Crippen LogP contribution < -0.4 is 9.64 Å². The van der Waals surface area contributed by atoms with Crippen LogP contribution >= 0.6 is 15.9 Å². The molecule has 1 aliphatic heterocycles. The maximum absolute atomic E-state index is 9.05. The largest absolute Gasteiger partial charge is 0.496 e. The molecule has 1 fully saturated rings. The van der Waals surface area contributed by atoms with Gasteiger partial charge >= 0.3 is 0 Å². The molecule has 5 heteroatoms. The molecule has 22 heavy (non-hydrogen) atoms. The van der Waals surface area contributed by atoms with Gasteiger partial charge in [0.15, 0.2) is 0 Å². The van der Waals surface area contributed by atoms with Crippen LogP contribution in [0.1, 0.15) is 30.1 Å². The SMILES string of the molecule is COc1ccc(Br)cc1C1CCCN1c1cccc(C#N)n1. The van der Waals surface area contributed by atoms with Gasteiger partial charge in [-0.05, 0) is 43.2 Å². The van der Waals surface area contributed by atoms with Gasteiger partial charge in [0.1, 0.15) is 23.3 Å². The number of nitriles is 1. The van der Waals surface area contributed by atoms with Gasteiger partial charge in [-0.2, -0.15) is 5.26 Å². The minimum Gasteiger partial charge on any atom is -0.496 e. The lowest BCUT2D eigenvalue weighted by molar-refractivity contribution is 0.405. The van der Waals surface area contributed by atoms with Gasteiger partial charge in [0.05, 0.1) is 13.2 Å². The highest BCUT2D eigenvalue weighted by atomic mass is 79.9. The van der Waals surface area contributed by atoms with E-state index in [0.717, 1.165) is 41.0 Å². The van der Waals surface area contributed by atoms with Crippen LogP contribution in [-0.2, 0) is 0 Å². The van der Waals surface area contributed by atoms with Crippen molar-refractivity contribution in [1.29, 1.82) is 5.26 Å². The number of anilines is 1. The fourth-order valence-electron chi connectivity index (χ4n) is 2.98. The first kappa shape index (κ1) is 14.9. The zero-order valence-corrected chi connectivity index (χ0v) is 13.9. The van der Waals surface area contributed by atoms with Crippen molar-refractivity contribution in [3.63, 3.8) is 0 Å². The van der Waals surface area contributed by atoms with Gasteiger partial charge in [-0.3, -0.25) is 0 Å². The quantitative estimate of drug-likeness (QED) is 0.830. The standard InChI is InChI=1S/C17H16BrN3O/c1-22-16-8-7-12(18)10-14(16)15-5-3-9-21(15)17-6-2-4-13(11-19)20-17/h2,4,6-8,10,15H,3,5,9H2,1H3. The van der Waals surface area contributed by atoms with E-state index in [1.54, 1.807) is 13.2 Å². The van der Waals surface area contributed by atoms with Crippen LogP contribution in [0.25, 0.3) is 0 Å². The van der Waals surface area contributed by atoms with Crippen molar-refractivity contribution in [3.8, 4) is 11.8 Å². The Bertz CT molecular complexity index is 726. The summed E-state index contributed by atoms with van der Waals surface area (Å²) in [7, 11) is 1.70. The molecule has 1 aromatic carbocycles. The number of aromatic nitrogens is 1. The summed E-state index contributed by atoms with van der Waals surface area (Å²) in [5.74, 6) is 1.74. The Morgan fingerprint density at radius 3 is 3.00 bits per heavy atom. The molecular formula is C17H16BrN3O. The van der Waals surface area contributed by atoms with Crippen LogP contribution in [-0.4, -0.2) is 18.6 Å². The molecule has 0 aliphatic carbocycles. The normalized spacial score (nSPS) is 17.3. The van der Waals surface area contributed by atoms with Crippen molar-refractivity contribution in [3.05, 3.63) is 52.1 Å². The smallest absolute Gasteiger partial charge is 0.142 e. The molecule has 1 unspecified atom stereocenters. The third-order valence-electron chi connectivity index (χ3n) is 3.95. The van der Waals surface area contributed by atoms with E-state index in [0.29, 0.717) is 5.69 Å². The van der Waals surface area contributed by atoms with E-state index in [2.05, 4.69) is 37.9 Å². The van der Waals surface area contributed by atoms with E-state index in [-0.39, 0.29) is 6.04 Å². The van der Waals surface area contributed by atoms with E-state index >= 15 is 0 Å². The maximum atomic E-state index is 9.05. The number of hydrogen-bond donors (Lipinski definition) is 0. The molecule has 0 N–H and O–H groups in total. The van der Waals surface area contributed by atoms with Gasteiger partial charge in [0.25, 0.3) is 0 Å². The first-order valence-corrected chi connectivity index (χ1v) is 7.99. The van der Waals surface area contributed by atoms with Crippen molar-refractivity contribution >= 4 is 21.7 Å². The molecule has 1 saturated heterocycles. The maximum Gasteiger partial charge on any atom is 0.142 e. The molecule has 0 radical (unpaired) electrons. The molecule has 1 aliphatic rings. The van der Waals surface area contributed by atoms with Gasteiger partial charge in [-0.25, -0.2) is 4.98 Å². The number of hydrogen-bond acceptors (Lipinski definition) is 4. The average molecular weight is 358 g/mol. The molecule has 2 aromatic rings. The van der Waals surface area contributed by atoms with Gasteiger partial charge in [0, 0.05) is 16.6 Å². The van der Waals surface area contributed by atoms with Crippen LogP contribution in [0.3, 0.4) is 0 Å². The van der Waals surface area contributed by atoms with E-state index in [9.17, 15) is 0 Å². The third-order valence-corrected chi connectivity index (χ3v) is 4.44. The van der Waals surface area contributed by atoms with Crippen LogP contribution in [0.15, 0.2) is 40.9 Å². The first-order chi connectivity index (χ1) is 10.7. The summed E-state index contributed by atoms with van der Waals surface area (Å²) < 4.78 is 6.56. The van der Waals surface area contributed by atoms with Gasteiger partial charge in [-0.1, -0.05) is 22.0 Å². The molecule has 3 rings (SSSR count). The number of benzene rings is 1. The second kappa shape index (κ2) is 6.37. The number of rotatable bonds is 3. The molecule has 2 heterocycles. The van der Waals surface area contributed by atoms with Crippen molar-refractivity contribution < 1.29 is 4.74 Å². The van der Waals surface area contributed by atoms with Gasteiger partial charge in [-0.15, -0.1) is 0 Å². The van der Waals surface area contributed by atoms with E-state index in [1.807, 2.05) is 24.3 Å². The number of halogens is 1. The molecule has 0 bridgehead atoms. The van der Waals surface area contributed by atoms with Crippen molar-refractivity contribution in [2.75, 3.05) is 18.6 Å². The fourth-order valence-corrected chi connectivity index (χ4v) is 3.35. The fraction of sp³-hybridized carbons (Fsp3) is 0.294. The van der Waals surface area contributed by atoms with E-state index < -0.39 is 0 Å². The van der Waals surface area contributed by atoms with Crippen molar-refractivity contribution in [2.24, 2.45) is 0 Å². The average Bonchev–Trinajstić information content (AvgIpc) is 3.04.